The second-order valence-electron chi connectivity index (χ2n) is 6.66. The van der Waals surface area contributed by atoms with E-state index in [1.165, 1.54) is 0 Å². The molecule has 26 heavy (non-hydrogen) atoms. The van der Waals surface area contributed by atoms with Gasteiger partial charge in [0.2, 0.25) is 0 Å². The van der Waals surface area contributed by atoms with Crippen LogP contribution in [0.1, 0.15) is 38.3 Å². The molecule has 0 spiro atoms. The molecular weight excluding hydrogens is 328 g/mol. The standard InChI is InChI=1S/C21H24N2O3/c1-21(2,3)26-20(24)23-12-8-7-11-18-13-19(15-22-14-18)25-16-17-9-5-4-6-10-17/h4-6,9-10,13-15H,8,12,16H2,1-3H3,(H,23,24). The number of nitrogens with zero attached hydrogens (tertiary/aromatic N) is 1. The van der Waals surface area contributed by atoms with Crippen LogP contribution >= 0.6 is 0 Å². The Morgan fingerprint density at radius 2 is 1.96 bits per heavy atom. The van der Waals surface area contributed by atoms with Crippen molar-refractivity contribution in [3.63, 3.8) is 0 Å². The summed E-state index contributed by atoms with van der Waals surface area (Å²) in [5.41, 5.74) is 1.37. The first-order valence-electron chi connectivity index (χ1n) is 8.50. The van der Waals surface area contributed by atoms with Gasteiger partial charge in [-0.2, -0.15) is 0 Å². The highest BCUT2D eigenvalue weighted by Crippen LogP contribution is 2.13. The number of nitrogens with one attached hydrogen (secondary N) is 1. The Hall–Kier alpha value is -3.00. The second-order valence-corrected chi connectivity index (χ2v) is 6.66. The highest BCUT2D eigenvalue weighted by atomic mass is 16.6. The fourth-order valence-corrected chi connectivity index (χ4v) is 2.01. The maximum absolute atomic E-state index is 11.5. The Morgan fingerprint density at radius 1 is 1.19 bits per heavy atom. The molecule has 2 aromatic rings. The minimum Gasteiger partial charge on any atom is -0.487 e. The largest absolute Gasteiger partial charge is 0.487 e. The Bertz CT molecular complexity index is 771. The molecule has 1 aromatic heterocycles. The maximum atomic E-state index is 11.5. The van der Waals surface area contributed by atoms with Crippen molar-refractivity contribution < 1.29 is 14.3 Å². The predicted molar refractivity (Wildman–Crippen MR) is 101 cm³/mol. The quantitative estimate of drug-likeness (QED) is 0.654. The Morgan fingerprint density at radius 3 is 2.69 bits per heavy atom. The molecule has 5 nitrogen and oxygen atoms in total. The van der Waals surface area contributed by atoms with E-state index in [2.05, 4.69) is 22.1 Å². The lowest BCUT2D eigenvalue weighted by atomic mass is 10.2. The van der Waals surface area contributed by atoms with E-state index in [0.717, 1.165) is 11.1 Å². The van der Waals surface area contributed by atoms with Crippen molar-refractivity contribution in [3.05, 3.63) is 59.9 Å². The van der Waals surface area contributed by atoms with Crippen LogP contribution in [0, 0.1) is 11.8 Å². The smallest absolute Gasteiger partial charge is 0.407 e. The average molecular weight is 352 g/mol. The number of carbonyl (C=O) groups is 1. The molecule has 0 saturated heterocycles. The number of hydrogen-bond acceptors (Lipinski definition) is 4. The molecular formula is C21H24N2O3. The highest BCUT2D eigenvalue weighted by molar-refractivity contribution is 5.67. The number of benzene rings is 1. The van der Waals surface area contributed by atoms with E-state index in [0.29, 0.717) is 25.3 Å². The van der Waals surface area contributed by atoms with Crippen LogP contribution in [0.2, 0.25) is 0 Å². The Balaban J connectivity index is 1.78. The number of alkyl carbamates (subject to hydrolysis) is 1. The van der Waals surface area contributed by atoms with Gasteiger partial charge in [0.25, 0.3) is 0 Å². The number of amides is 1. The van der Waals surface area contributed by atoms with Gasteiger partial charge in [0.15, 0.2) is 0 Å². The lowest BCUT2D eigenvalue weighted by Gasteiger charge is -2.19. The summed E-state index contributed by atoms with van der Waals surface area (Å²) in [6.07, 6.45) is 3.44. The highest BCUT2D eigenvalue weighted by Gasteiger charge is 2.15. The Kier molecular flexibility index (Phi) is 7.04. The van der Waals surface area contributed by atoms with Gasteiger partial charge in [-0.15, -0.1) is 0 Å². The fourth-order valence-electron chi connectivity index (χ4n) is 2.01. The number of carbonyl (C=O) groups excluding carboxylic acids is 1. The summed E-state index contributed by atoms with van der Waals surface area (Å²) in [4.78, 5) is 15.7. The van der Waals surface area contributed by atoms with Gasteiger partial charge in [0, 0.05) is 24.7 Å². The van der Waals surface area contributed by atoms with Crippen LogP contribution in [0.25, 0.3) is 0 Å². The van der Waals surface area contributed by atoms with E-state index in [9.17, 15) is 4.79 Å². The van der Waals surface area contributed by atoms with E-state index in [4.69, 9.17) is 9.47 Å². The van der Waals surface area contributed by atoms with Crippen molar-refractivity contribution in [3.8, 4) is 17.6 Å². The zero-order chi connectivity index (χ0) is 18.8. The van der Waals surface area contributed by atoms with E-state index in [1.54, 1.807) is 12.4 Å². The van der Waals surface area contributed by atoms with Crippen LogP contribution in [-0.4, -0.2) is 23.2 Å². The number of hydrogen-bond donors (Lipinski definition) is 1. The first-order chi connectivity index (χ1) is 12.4. The molecule has 0 unspecified atom stereocenters. The van der Waals surface area contributed by atoms with E-state index in [1.807, 2.05) is 57.2 Å². The number of aromatic nitrogens is 1. The molecule has 0 saturated carbocycles. The van der Waals surface area contributed by atoms with Gasteiger partial charge >= 0.3 is 6.09 Å². The summed E-state index contributed by atoms with van der Waals surface area (Å²) in [7, 11) is 0. The number of rotatable bonds is 5. The van der Waals surface area contributed by atoms with Crippen molar-refractivity contribution in [2.45, 2.75) is 39.4 Å². The van der Waals surface area contributed by atoms with E-state index >= 15 is 0 Å². The molecule has 5 heteroatoms. The van der Waals surface area contributed by atoms with Crippen molar-refractivity contribution in [2.75, 3.05) is 6.54 Å². The molecule has 0 aliphatic heterocycles. The van der Waals surface area contributed by atoms with Gasteiger partial charge in [-0.25, -0.2) is 4.79 Å². The van der Waals surface area contributed by atoms with Gasteiger partial charge in [0.1, 0.15) is 18.0 Å². The molecule has 0 fully saturated rings. The van der Waals surface area contributed by atoms with Crippen LogP contribution in [0.5, 0.6) is 5.75 Å². The molecule has 0 aliphatic rings. The molecule has 0 bridgehead atoms. The van der Waals surface area contributed by atoms with Crippen LogP contribution in [0.15, 0.2) is 48.8 Å². The summed E-state index contributed by atoms with van der Waals surface area (Å²) in [6.45, 7) is 6.39. The van der Waals surface area contributed by atoms with Crippen molar-refractivity contribution in [1.29, 1.82) is 0 Å². The van der Waals surface area contributed by atoms with Crippen LogP contribution in [0.3, 0.4) is 0 Å². The third-order valence-electron chi connectivity index (χ3n) is 3.11. The monoisotopic (exact) mass is 352 g/mol. The molecule has 1 aromatic carbocycles. The molecule has 1 amide bonds. The summed E-state index contributed by atoms with van der Waals surface area (Å²) < 4.78 is 10.9. The third kappa shape index (κ3) is 7.71. The SMILES string of the molecule is CC(C)(C)OC(=O)NCCC#Cc1cncc(OCc2ccccc2)c1. The minimum absolute atomic E-state index is 0.430. The van der Waals surface area contributed by atoms with Crippen molar-refractivity contribution >= 4 is 6.09 Å². The summed E-state index contributed by atoms with van der Waals surface area (Å²) in [5.74, 6) is 6.70. The number of ether oxygens (including phenoxy) is 2. The third-order valence-corrected chi connectivity index (χ3v) is 3.11. The molecule has 2 rings (SSSR count). The topological polar surface area (TPSA) is 60.5 Å². The van der Waals surface area contributed by atoms with Crippen LogP contribution in [-0.2, 0) is 11.3 Å². The van der Waals surface area contributed by atoms with Gasteiger partial charge in [-0.3, -0.25) is 4.98 Å². The molecule has 0 aliphatic carbocycles. The van der Waals surface area contributed by atoms with Gasteiger partial charge < -0.3 is 14.8 Å². The first kappa shape index (κ1) is 19.3. The van der Waals surface area contributed by atoms with Crippen LogP contribution < -0.4 is 10.1 Å². The summed E-state index contributed by atoms with van der Waals surface area (Å²) in [5, 5.41) is 2.67. The van der Waals surface area contributed by atoms with Crippen molar-refractivity contribution in [1.82, 2.24) is 10.3 Å². The van der Waals surface area contributed by atoms with Crippen molar-refractivity contribution in [2.24, 2.45) is 0 Å². The maximum Gasteiger partial charge on any atom is 0.407 e. The molecule has 1 N–H and O–H groups in total. The van der Waals surface area contributed by atoms with Gasteiger partial charge in [-0.05, 0) is 32.4 Å². The van der Waals surface area contributed by atoms with E-state index < -0.39 is 11.7 Å². The minimum atomic E-state index is -0.498. The first-order valence-corrected chi connectivity index (χ1v) is 8.50. The second kappa shape index (κ2) is 9.47. The molecule has 0 radical (unpaired) electrons. The summed E-state index contributed by atoms with van der Waals surface area (Å²) in [6, 6.07) is 11.8. The van der Waals surface area contributed by atoms with Gasteiger partial charge in [-0.1, -0.05) is 42.2 Å². The average Bonchev–Trinajstić information content (AvgIpc) is 2.59. The lowest BCUT2D eigenvalue weighted by molar-refractivity contribution is 0.0529. The van der Waals surface area contributed by atoms with Gasteiger partial charge in [0.05, 0.1) is 6.20 Å². The summed E-state index contributed by atoms with van der Waals surface area (Å²) >= 11 is 0. The zero-order valence-electron chi connectivity index (χ0n) is 15.4. The van der Waals surface area contributed by atoms with E-state index in [-0.39, 0.29) is 0 Å². The zero-order valence-corrected chi connectivity index (χ0v) is 15.4. The molecule has 0 atom stereocenters. The molecule has 136 valence electrons. The van der Waals surface area contributed by atoms with Crippen LogP contribution in [0.4, 0.5) is 4.79 Å². The molecule has 1 heterocycles. The normalized spacial score (nSPS) is 10.4. The Labute approximate surface area is 154 Å². The number of pyridine rings is 1. The predicted octanol–water partition coefficient (Wildman–Crippen LogP) is 3.93. The fraction of sp³-hybridized carbons (Fsp3) is 0.333. The lowest BCUT2D eigenvalue weighted by Crippen LogP contribution is -2.32.